The lowest BCUT2D eigenvalue weighted by atomic mass is 9.94. The number of aromatic nitrogens is 3. The molecule has 2 amide bonds. The van der Waals surface area contributed by atoms with Gasteiger partial charge in [-0.1, -0.05) is 19.0 Å². The number of urea groups is 1. The Morgan fingerprint density at radius 1 is 1.42 bits per heavy atom. The predicted octanol–water partition coefficient (Wildman–Crippen LogP) is 3.15. The summed E-state index contributed by atoms with van der Waals surface area (Å²) >= 11 is 0. The Hall–Kier alpha value is -2.51. The number of nitrogens with zero attached hydrogens (tertiary/aromatic N) is 4. The van der Waals surface area contributed by atoms with Gasteiger partial charge in [-0.05, 0) is 37.3 Å². The number of pyridine rings is 1. The highest BCUT2D eigenvalue weighted by Gasteiger charge is 2.43. The minimum absolute atomic E-state index is 0.0796. The topological polar surface area (TPSA) is 84.2 Å². The maximum absolute atomic E-state index is 15.5. The molecule has 0 bridgehead atoms. The van der Waals surface area contributed by atoms with Gasteiger partial charge >= 0.3 is 6.03 Å². The summed E-state index contributed by atoms with van der Waals surface area (Å²) in [6.45, 7) is 5.20. The van der Waals surface area contributed by atoms with Crippen molar-refractivity contribution in [3.05, 3.63) is 30.4 Å². The average Bonchev–Trinajstić information content (AvgIpc) is 3.13. The number of nitrogens with one attached hydrogen (secondary N) is 1. The van der Waals surface area contributed by atoms with E-state index in [1.165, 1.54) is 4.90 Å². The van der Waals surface area contributed by atoms with Gasteiger partial charge in [0.15, 0.2) is 0 Å². The van der Waals surface area contributed by atoms with Crippen LogP contribution in [0.3, 0.4) is 0 Å². The van der Waals surface area contributed by atoms with E-state index in [1.807, 2.05) is 0 Å². The van der Waals surface area contributed by atoms with Crippen molar-refractivity contribution in [2.45, 2.75) is 38.8 Å². The maximum Gasteiger partial charge on any atom is 0.317 e. The summed E-state index contributed by atoms with van der Waals surface area (Å²) in [4.78, 5) is 21.9. The molecule has 1 atom stereocenters. The highest BCUT2D eigenvalue weighted by atomic mass is 19.1. The van der Waals surface area contributed by atoms with Gasteiger partial charge in [-0.15, -0.1) is 0 Å². The second-order valence-corrected chi connectivity index (χ2v) is 7.06. The smallest absolute Gasteiger partial charge is 0.317 e. The van der Waals surface area contributed by atoms with Crippen molar-refractivity contribution in [1.29, 1.82) is 0 Å². The first-order valence-corrected chi connectivity index (χ1v) is 8.94. The van der Waals surface area contributed by atoms with Crippen LogP contribution in [0.4, 0.5) is 9.18 Å². The number of halogens is 1. The van der Waals surface area contributed by atoms with Crippen LogP contribution in [0.25, 0.3) is 11.4 Å². The molecule has 3 heterocycles. The van der Waals surface area contributed by atoms with Crippen LogP contribution in [0.5, 0.6) is 0 Å². The molecule has 26 heavy (non-hydrogen) atoms. The van der Waals surface area contributed by atoms with Gasteiger partial charge < -0.3 is 14.7 Å². The molecule has 0 spiro atoms. The van der Waals surface area contributed by atoms with Crippen LogP contribution in [-0.4, -0.2) is 45.7 Å². The average molecular weight is 361 g/mol. The number of hydrogen-bond donors (Lipinski definition) is 1. The van der Waals surface area contributed by atoms with Crippen LogP contribution in [0.1, 0.15) is 39.0 Å². The van der Waals surface area contributed by atoms with Gasteiger partial charge in [-0.3, -0.25) is 4.98 Å². The monoisotopic (exact) mass is 361 g/mol. The molecule has 1 unspecified atom stereocenters. The van der Waals surface area contributed by atoms with E-state index in [1.54, 1.807) is 24.5 Å². The molecule has 1 aliphatic heterocycles. The van der Waals surface area contributed by atoms with Crippen LogP contribution < -0.4 is 5.32 Å². The number of carbonyl (C=O) groups excluding carboxylic acids is 1. The molecule has 2 aromatic rings. The SMILES string of the molecule is CC(C)CCNC(=O)N1CCCC(F)(c2nc(-c3ccncc3)no2)C1. The summed E-state index contributed by atoms with van der Waals surface area (Å²) in [7, 11) is 0. The van der Waals surface area contributed by atoms with Crippen molar-refractivity contribution >= 4 is 6.03 Å². The van der Waals surface area contributed by atoms with Gasteiger partial charge in [0.05, 0.1) is 6.54 Å². The maximum atomic E-state index is 15.5. The molecule has 1 aliphatic rings. The van der Waals surface area contributed by atoms with Gasteiger partial charge in [0, 0.05) is 31.0 Å². The van der Waals surface area contributed by atoms with Crippen LogP contribution >= 0.6 is 0 Å². The van der Waals surface area contributed by atoms with Crippen LogP contribution in [0, 0.1) is 5.92 Å². The Morgan fingerprint density at radius 3 is 2.92 bits per heavy atom. The minimum Gasteiger partial charge on any atom is -0.338 e. The van der Waals surface area contributed by atoms with Crippen molar-refractivity contribution < 1.29 is 13.7 Å². The zero-order valence-corrected chi connectivity index (χ0v) is 15.1. The molecule has 7 nitrogen and oxygen atoms in total. The van der Waals surface area contributed by atoms with E-state index >= 15 is 4.39 Å². The fourth-order valence-electron chi connectivity index (χ4n) is 2.96. The van der Waals surface area contributed by atoms with Crippen LogP contribution in [0.2, 0.25) is 0 Å². The summed E-state index contributed by atoms with van der Waals surface area (Å²) in [6.07, 6.45) is 4.90. The second kappa shape index (κ2) is 7.80. The van der Waals surface area contributed by atoms with E-state index in [2.05, 4.69) is 34.3 Å². The van der Waals surface area contributed by atoms with Crippen LogP contribution in [0.15, 0.2) is 29.0 Å². The molecule has 0 radical (unpaired) electrons. The summed E-state index contributed by atoms with van der Waals surface area (Å²) < 4.78 is 20.7. The quantitative estimate of drug-likeness (QED) is 0.884. The fraction of sp³-hybridized carbons (Fsp3) is 0.556. The molecule has 0 aromatic carbocycles. The Bertz CT molecular complexity index is 736. The Labute approximate surface area is 152 Å². The van der Waals surface area contributed by atoms with E-state index in [9.17, 15) is 4.79 Å². The number of piperidine rings is 1. The summed E-state index contributed by atoms with van der Waals surface area (Å²) in [6, 6.07) is 3.21. The van der Waals surface area contributed by atoms with Gasteiger partial charge in [0.25, 0.3) is 5.89 Å². The molecule has 2 aromatic heterocycles. The number of hydrogen-bond acceptors (Lipinski definition) is 5. The van der Waals surface area contributed by atoms with Crippen molar-refractivity contribution in [2.24, 2.45) is 5.92 Å². The predicted molar refractivity (Wildman–Crippen MR) is 94.0 cm³/mol. The fourth-order valence-corrected chi connectivity index (χ4v) is 2.96. The van der Waals surface area contributed by atoms with Gasteiger partial charge in [0.2, 0.25) is 11.5 Å². The lowest BCUT2D eigenvalue weighted by Crippen LogP contribution is -2.50. The third kappa shape index (κ3) is 4.17. The lowest BCUT2D eigenvalue weighted by Gasteiger charge is -2.35. The minimum atomic E-state index is -1.83. The highest BCUT2D eigenvalue weighted by Crippen LogP contribution is 2.35. The van der Waals surface area contributed by atoms with Crippen LogP contribution in [-0.2, 0) is 5.67 Å². The van der Waals surface area contributed by atoms with E-state index < -0.39 is 5.67 Å². The second-order valence-electron chi connectivity index (χ2n) is 7.06. The molecule has 1 saturated heterocycles. The summed E-state index contributed by atoms with van der Waals surface area (Å²) in [5.74, 6) is 0.740. The van der Waals surface area contributed by atoms with Crippen molar-refractivity contribution in [3.8, 4) is 11.4 Å². The van der Waals surface area contributed by atoms with E-state index in [0.29, 0.717) is 36.8 Å². The van der Waals surface area contributed by atoms with E-state index in [4.69, 9.17) is 4.52 Å². The molecule has 8 heteroatoms. The molecule has 0 saturated carbocycles. The number of likely N-dealkylation sites (tertiary alicyclic amines) is 1. The normalized spacial score (nSPS) is 20.4. The van der Waals surface area contributed by atoms with Gasteiger partial charge in [0.1, 0.15) is 0 Å². The molecule has 3 rings (SSSR count). The molecule has 0 aliphatic carbocycles. The number of amides is 2. The lowest BCUT2D eigenvalue weighted by molar-refractivity contribution is 0.0307. The molecular weight excluding hydrogens is 337 g/mol. The standard InChI is InChI=1S/C18H24FN5O2/c1-13(2)4-10-21-17(25)24-11-3-7-18(19,12-24)16-22-15(23-26-16)14-5-8-20-9-6-14/h5-6,8-9,13H,3-4,7,10-12H2,1-2H3,(H,21,25). The summed E-state index contributed by atoms with van der Waals surface area (Å²) in [5, 5.41) is 6.72. The zero-order chi connectivity index (χ0) is 18.6. The van der Waals surface area contributed by atoms with Gasteiger partial charge in [-0.2, -0.15) is 4.98 Å². The number of alkyl halides is 1. The molecule has 1 fully saturated rings. The first kappa shape index (κ1) is 18.3. The largest absolute Gasteiger partial charge is 0.338 e. The van der Waals surface area contributed by atoms with E-state index in [-0.39, 0.29) is 24.9 Å². The van der Waals surface area contributed by atoms with Crippen molar-refractivity contribution in [3.63, 3.8) is 0 Å². The third-order valence-electron chi connectivity index (χ3n) is 4.48. The molecule has 140 valence electrons. The highest BCUT2D eigenvalue weighted by molar-refractivity contribution is 5.74. The number of rotatable bonds is 5. The number of carbonyl (C=O) groups is 1. The first-order valence-electron chi connectivity index (χ1n) is 8.94. The van der Waals surface area contributed by atoms with Crippen molar-refractivity contribution in [2.75, 3.05) is 19.6 Å². The molecular formula is C18H24FN5O2. The Kier molecular flexibility index (Phi) is 5.49. The van der Waals surface area contributed by atoms with E-state index in [0.717, 1.165) is 6.42 Å². The first-order chi connectivity index (χ1) is 12.5. The zero-order valence-electron chi connectivity index (χ0n) is 15.1. The van der Waals surface area contributed by atoms with Crippen molar-refractivity contribution in [1.82, 2.24) is 25.3 Å². The Morgan fingerprint density at radius 2 is 2.19 bits per heavy atom. The summed E-state index contributed by atoms with van der Waals surface area (Å²) in [5.41, 5.74) is -1.12. The van der Waals surface area contributed by atoms with Gasteiger partial charge in [-0.25, -0.2) is 9.18 Å². The molecule has 1 N–H and O–H groups in total. The Balaban J connectivity index is 1.67. The third-order valence-corrected chi connectivity index (χ3v) is 4.48.